The molecule has 2 aromatic carbocycles. The zero-order valence-electron chi connectivity index (χ0n) is 16.5. The molecule has 1 atom stereocenters. The fraction of sp³-hybridized carbons (Fsp3) is 0.348. The SMILES string of the molecule is C[C@H](NC(=O)CCn1[nH]c(=O)c2ccccc2c1=O)c1ccc2c(c1)CCCC2. The molecule has 1 amide bonds. The summed E-state index contributed by atoms with van der Waals surface area (Å²) in [5.74, 6) is -0.156. The van der Waals surface area contributed by atoms with Crippen molar-refractivity contribution in [1.29, 1.82) is 0 Å². The first-order chi connectivity index (χ1) is 14.0. The van der Waals surface area contributed by atoms with Crippen molar-refractivity contribution in [2.45, 2.75) is 51.6 Å². The minimum atomic E-state index is -0.331. The third-order valence-electron chi connectivity index (χ3n) is 5.70. The normalized spacial score (nSPS) is 14.4. The zero-order valence-corrected chi connectivity index (χ0v) is 16.5. The molecule has 1 aromatic heterocycles. The molecule has 29 heavy (non-hydrogen) atoms. The Morgan fingerprint density at radius 2 is 1.79 bits per heavy atom. The molecule has 0 bridgehead atoms. The second-order valence-corrected chi connectivity index (χ2v) is 7.72. The second-order valence-electron chi connectivity index (χ2n) is 7.72. The maximum atomic E-state index is 12.5. The number of benzene rings is 2. The van der Waals surface area contributed by atoms with Crippen LogP contribution in [0.15, 0.2) is 52.1 Å². The third kappa shape index (κ3) is 4.01. The number of aromatic nitrogens is 2. The molecule has 1 heterocycles. The summed E-state index contributed by atoms with van der Waals surface area (Å²) in [6, 6.07) is 13.0. The quantitative estimate of drug-likeness (QED) is 0.701. The van der Waals surface area contributed by atoms with Gasteiger partial charge in [-0.15, -0.1) is 0 Å². The summed E-state index contributed by atoms with van der Waals surface area (Å²) in [6.07, 6.45) is 4.81. The van der Waals surface area contributed by atoms with Gasteiger partial charge in [-0.2, -0.15) is 0 Å². The lowest BCUT2D eigenvalue weighted by Gasteiger charge is -2.20. The van der Waals surface area contributed by atoms with Crippen molar-refractivity contribution in [3.63, 3.8) is 0 Å². The van der Waals surface area contributed by atoms with Crippen molar-refractivity contribution in [3.05, 3.63) is 79.9 Å². The fourth-order valence-electron chi connectivity index (χ4n) is 4.04. The molecular weight excluding hydrogens is 366 g/mol. The molecule has 150 valence electrons. The van der Waals surface area contributed by atoms with Crippen LogP contribution in [0, 0.1) is 0 Å². The van der Waals surface area contributed by atoms with Crippen molar-refractivity contribution < 1.29 is 4.79 Å². The van der Waals surface area contributed by atoms with Crippen molar-refractivity contribution in [2.75, 3.05) is 0 Å². The molecule has 0 saturated carbocycles. The Hall–Kier alpha value is -3.15. The van der Waals surface area contributed by atoms with Gasteiger partial charge in [0, 0.05) is 6.42 Å². The molecule has 4 rings (SSSR count). The summed E-state index contributed by atoms with van der Waals surface area (Å²) >= 11 is 0. The summed E-state index contributed by atoms with van der Waals surface area (Å²) < 4.78 is 1.22. The van der Waals surface area contributed by atoms with Gasteiger partial charge in [0.2, 0.25) is 5.91 Å². The van der Waals surface area contributed by atoms with Gasteiger partial charge in [-0.1, -0.05) is 30.3 Å². The average Bonchev–Trinajstić information content (AvgIpc) is 2.75. The summed E-state index contributed by atoms with van der Waals surface area (Å²) in [7, 11) is 0. The van der Waals surface area contributed by atoms with E-state index in [0.717, 1.165) is 18.4 Å². The molecule has 6 heteroatoms. The minimum Gasteiger partial charge on any atom is -0.350 e. The van der Waals surface area contributed by atoms with E-state index in [-0.39, 0.29) is 36.0 Å². The van der Waals surface area contributed by atoms with Crippen LogP contribution < -0.4 is 16.4 Å². The van der Waals surface area contributed by atoms with Gasteiger partial charge in [0.1, 0.15) is 0 Å². The van der Waals surface area contributed by atoms with E-state index in [1.54, 1.807) is 24.3 Å². The molecule has 0 unspecified atom stereocenters. The number of nitrogens with zero attached hydrogens (tertiary/aromatic N) is 1. The van der Waals surface area contributed by atoms with Crippen LogP contribution in [0.1, 0.15) is 48.9 Å². The van der Waals surface area contributed by atoms with Crippen LogP contribution in [0.3, 0.4) is 0 Å². The topological polar surface area (TPSA) is 84.0 Å². The lowest BCUT2D eigenvalue weighted by molar-refractivity contribution is -0.122. The number of fused-ring (bicyclic) bond motifs is 2. The van der Waals surface area contributed by atoms with E-state index in [1.807, 2.05) is 6.92 Å². The number of carbonyl (C=O) groups is 1. The van der Waals surface area contributed by atoms with Crippen molar-refractivity contribution >= 4 is 16.7 Å². The number of rotatable bonds is 5. The number of carbonyl (C=O) groups excluding carboxylic acids is 1. The van der Waals surface area contributed by atoms with E-state index in [0.29, 0.717) is 10.8 Å². The molecule has 0 aliphatic heterocycles. The fourth-order valence-corrected chi connectivity index (χ4v) is 4.04. The van der Waals surface area contributed by atoms with Gasteiger partial charge in [0.05, 0.1) is 23.4 Å². The highest BCUT2D eigenvalue weighted by atomic mass is 16.2. The summed E-state index contributed by atoms with van der Waals surface area (Å²) in [5.41, 5.74) is 3.27. The minimum absolute atomic E-state index is 0.109. The van der Waals surface area contributed by atoms with E-state index in [1.165, 1.54) is 28.7 Å². The number of hydrogen-bond donors (Lipinski definition) is 2. The smallest absolute Gasteiger partial charge is 0.273 e. The van der Waals surface area contributed by atoms with Gasteiger partial charge in [0.25, 0.3) is 11.1 Å². The van der Waals surface area contributed by atoms with Gasteiger partial charge in [-0.3, -0.25) is 19.5 Å². The molecule has 0 fully saturated rings. The second kappa shape index (κ2) is 8.07. The van der Waals surface area contributed by atoms with Crippen LogP contribution in [0.4, 0.5) is 0 Å². The zero-order chi connectivity index (χ0) is 20.4. The first-order valence-electron chi connectivity index (χ1n) is 10.2. The van der Waals surface area contributed by atoms with Gasteiger partial charge in [0.15, 0.2) is 0 Å². The molecule has 6 nitrogen and oxygen atoms in total. The van der Waals surface area contributed by atoms with E-state index in [4.69, 9.17) is 0 Å². The monoisotopic (exact) mass is 391 g/mol. The van der Waals surface area contributed by atoms with Gasteiger partial charge < -0.3 is 5.32 Å². The number of hydrogen-bond acceptors (Lipinski definition) is 3. The molecule has 0 radical (unpaired) electrons. The number of aryl methyl sites for hydroxylation is 3. The van der Waals surface area contributed by atoms with E-state index < -0.39 is 0 Å². The van der Waals surface area contributed by atoms with Crippen LogP contribution in [0.25, 0.3) is 10.8 Å². The highest BCUT2D eigenvalue weighted by molar-refractivity contribution is 5.80. The predicted octanol–water partition coefficient (Wildman–Crippen LogP) is 2.84. The Balaban J connectivity index is 1.43. The van der Waals surface area contributed by atoms with Crippen LogP contribution in [0.2, 0.25) is 0 Å². The van der Waals surface area contributed by atoms with Crippen LogP contribution >= 0.6 is 0 Å². The molecule has 1 aliphatic rings. The average molecular weight is 391 g/mol. The number of H-pyrrole nitrogens is 1. The molecule has 3 aromatic rings. The molecular formula is C23H25N3O3. The molecule has 2 N–H and O–H groups in total. The molecule has 0 spiro atoms. The Labute approximate surface area is 168 Å². The van der Waals surface area contributed by atoms with Gasteiger partial charge in [-0.25, -0.2) is 4.68 Å². The highest BCUT2D eigenvalue weighted by Gasteiger charge is 2.15. The summed E-state index contributed by atoms with van der Waals surface area (Å²) in [5, 5.41) is 6.28. The van der Waals surface area contributed by atoms with E-state index >= 15 is 0 Å². The summed E-state index contributed by atoms with van der Waals surface area (Å²) in [4.78, 5) is 37.1. The van der Waals surface area contributed by atoms with Gasteiger partial charge in [-0.05, 0) is 61.4 Å². The highest BCUT2D eigenvalue weighted by Crippen LogP contribution is 2.24. The molecule has 0 saturated heterocycles. The van der Waals surface area contributed by atoms with E-state index in [9.17, 15) is 14.4 Å². The van der Waals surface area contributed by atoms with Crippen LogP contribution in [-0.4, -0.2) is 15.7 Å². The maximum absolute atomic E-state index is 12.5. The summed E-state index contributed by atoms with van der Waals surface area (Å²) in [6.45, 7) is 2.09. The Morgan fingerprint density at radius 3 is 2.59 bits per heavy atom. The van der Waals surface area contributed by atoms with E-state index in [2.05, 4.69) is 28.6 Å². The van der Waals surface area contributed by atoms with Gasteiger partial charge >= 0.3 is 0 Å². The maximum Gasteiger partial charge on any atom is 0.273 e. The third-order valence-corrected chi connectivity index (χ3v) is 5.70. The number of amides is 1. The van der Waals surface area contributed by atoms with Crippen molar-refractivity contribution in [2.24, 2.45) is 0 Å². The number of nitrogens with one attached hydrogen (secondary N) is 2. The first kappa shape index (κ1) is 19.2. The van der Waals surface area contributed by atoms with Crippen molar-refractivity contribution in [3.8, 4) is 0 Å². The van der Waals surface area contributed by atoms with Crippen LogP contribution in [-0.2, 0) is 24.2 Å². The first-order valence-corrected chi connectivity index (χ1v) is 10.2. The molecule has 1 aliphatic carbocycles. The van der Waals surface area contributed by atoms with Crippen LogP contribution in [0.5, 0.6) is 0 Å². The lowest BCUT2D eigenvalue weighted by atomic mass is 9.89. The Morgan fingerprint density at radius 1 is 1.07 bits per heavy atom. The Bertz CT molecular complexity index is 1180. The van der Waals surface area contributed by atoms with Crippen molar-refractivity contribution in [1.82, 2.24) is 15.1 Å². The Kier molecular flexibility index (Phi) is 5.34. The largest absolute Gasteiger partial charge is 0.350 e. The standard InChI is InChI=1S/C23H25N3O3/c1-15(17-11-10-16-6-2-3-7-18(16)14-17)24-21(27)12-13-26-23(29)20-9-5-4-8-19(20)22(28)25-26/h4-5,8-11,14-15H,2-3,6-7,12-13H2,1H3,(H,24,27)(H,25,28)/t15-/m0/s1. The predicted molar refractivity (Wildman–Crippen MR) is 113 cm³/mol. The number of aromatic amines is 1. The lowest BCUT2D eigenvalue weighted by Crippen LogP contribution is -2.33.